The average molecular weight is 292 g/mol. The van der Waals surface area contributed by atoms with Crippen LogP contribution in [0, 0.1) is 6.92 Å². The summed E-state index contributed by atoms with van der Waals surface area (Å²) in [5, 5.41) is 0.512. The Hall–Kier alpha value is -2.07. The highest BCUT2D eigenvalue weighted by Gasteiger charge is 2.08. The van der Waals surface area contributed by atoms with Crippen molar-refractivity contribution in [3.63, 3.8) is 0 Å². The van der Waals surface area contributed by atoms with Crippen molar-refractivity contribution in [3.05, 3.63) is 63.5 Å². The molecule has 0 radical (unpaired) electrons. The molecule has 4 nitrogen and oxygen atoms in total. The van der Waals surface area contributed by atoms with Gasteiger partial charge in [-0.1, -0.05) is 23.7 Å². The lowest BCUT2D eigenvalue weighted by Gasteiger charge is -2.08. The largest absolute Gasteiger partial charge is 0.426 e. The van der Waals surface area contributed by atoms with Crippen molar-refractivity contribution in [2.75, 3.05) is 0 Å². The van der Waals surface area contributed by atoms with Gasteiger partial charge in [-0.3, -0.25) is 9.59 Å². The number of hydrogen-bond acceptors (Lipinski definition) is 3. The summed E-state index contributed by atoms with van der Waals surface area (Å²) in [7, 11) is 0. The first kappa shape index (κ1) is 14.3. The quantitative estimate of drug-likeness (QED) is 0.643. The monoisotopic (exact) mass is 291 g/mol. The summed E-state index contributed by atoms with van der Waals surface area (Å²) in [6.07, 6.45) is 1.76. The summed E-state index contributed by atoms with van der Waals surface area (Å²) < 4.78 is 6.71. The number of hydrogen-bond donors (Lipinski definition) is 0. The van der Waals surface area contributed by atoms with E-state index in [0.29, 0.717) is 10.8 Å². The van der Waals surface area contributed by atoms with E-state index in [2.05, 4.69) is 0 Å². The molecule has 1 aromatic carbocycles. The van der Waals surface area contributed by atoms with E-state index in [4.69, 9.17) is 16.3 Å². The van der Waals surface area contributed by atoms with E-state index in [0.717, 1.165) is 5.56 Å². The minimum Gasteiger partial charge on any atom is -0.426 e. The molecule has 0 aliphatic heterocycles. The molecule has 0 unspecified atom stereocenters. The molecule has 0 aliphatic carbocycles. The van der Waals surface area contributed by atoms with E-state index in [9.17, 15) is 9.59 Å². The van der Waals surface area contributed by atoms with Crippen LogP contribution in [0.5, 0.6) is 5.75 Å². The van der Waals surface area contributed by atoms with Crippen molar-refractivity contribution in [1.82, 2.24) is 4.57 Å². The third-order valence-electron chi connectivity index (χ3n) is 2.83. The van der Waals surface area contributed by atoms with Crippen LogP contribution in [0.25, 0.3) is 0 Å². The van der Waals surface area contributed by atoms with Crippen LogP contribution in [0.2, 0.25) is 5.02 Å². The Balaban J connectivity index is 1.98. The van der Waals surface area contributed by atoms with Crippen LogP contribution < -0.4 is 10.3 Å². The minimum atomic E-state index is -0.397. The molecule has 0 atom stereocenters. The third kappa shape index (κ3) is 3.71. The summed E-state index contributed by atoms with van der Waals surface area (Å²) in [5.41, 5.74) is 0.693. The van der Waals surface area contributed by atoms with Gasteiger partial charge in [-0.05, 0) is 30.7 Å². The van der Waals surface area contributed by atoms with Crippen LogP contribution in [0.15, 0.2) is 47.4 Å². The molecule has 0 spiro atoms. The summed E-state index contributed by atoms with van der Waals surface area (Å²) >= 11 is 5.86. The van der Waals surface area contributed by atoms with Gasteiger partial charge in [-0.2, -0.15) is 0 Å². The van der Waals surface area contributed by atoms with Gasteiger partial charge in [-0.15, -0.1) is 0 Å². The van der Waals surface area contributed by atoms with E-state index in [1.165, 1.54) is 10.6 Å². The molecule has 0 amide bonds. The Kier molecular flexibility index (Phi) is 4.58. The number of carbonyl (C=O) groups excluding carboxylic acids is 1. The molecule has 2 aromatic rings. The average Bonchev–Trinajstić information content (AvgIpc) is 2.42. The molecule has 0 saturated carbocycles. The predicted octanol–water partition coefficient (Wildman–Crippen LogP) is 2.81. The highest BCUT2D eigenvalue weighted by molar-refractivity contribution is 6.30. The van der Waals surface area contributed by atoms with E-state index < -0.39 is 5.97 Å². The van der Waals surface area contributed by atoms with Crippen LogP contribution in [0.4, 0.5) is 0 Å². The van der Waals surface area contributed by atoms with Crippen LogP contribution in [-0.4, -0.2) is 10.5 Å². The Morgan fingerprint density at radius 1 is 1.30 bits per heavy atom. The summed E-state index contributed by atoms with van der Waals surface area (Å²) in [5.74, 6) is 0.0500. The van der Waals surface area contributed by atoms with E-state index in [-0.39, 0.29) is 18.5 Å². The smallest absolute Gasteiger partial charge is 0.313 e. The Morgan fingerprint density at radius 2 is 2.10 bits per heavy atom. The van der Waals surface area contributed by atoms with E-state index in [1.807, 2.05) is 6.92 Å². The number of rotatable bonds is 4. The SMILES string of the molecule is Cc1ccc(Cl)cc1OC(=O)CCn1ccccc1=O. The Bertz CT molecular complexity index is 679. The number of carbonyl (C=O) groups is 1. The third-order valence-corrected chi connectivity index (χ3v) is 3.06. The maximum absolute atomic E-state index is 11.8. The molecule has 20 heavy (non-hydrogen) atoms. The van der Waals surface area contributed by atoms with Crippen molar-refractivity contribution in [1.29, 1.82) is 0 Å². The van der Waals surface area contributed by atoms with Gasteiger partial charge in [0, 0.05) is 23.8 Å². The zero-order valence-corrected chi connectivity index (χ0v) is 11.8. The van der Waals surface area contributed by atoms with Crippen LogP contribution in [-0.2, 0) is 11.3 Å². The number of nitrogens with zero attached hydrogens (tertiary/aromatic N) is 1. The first-order chi connectivity index (χ1) is 9.56. The number of aromatic nitrogens is 1. The van der Waals surface area contributed by atoms with Crippen molar-refractivity contribution in [2.24, 2.45) is 0 Å². The zero-order chi connectivity index (χ0) is 14.5. The molecular weight excluding hydrogens is 278 g/mol. The number of esters is 1. The van der Waals surface area contributed by atoms with Gasteiger partial charge >= 0.3 is 5.97 Å². The molecule has 1 aromatic heterocycles. The minimum absolute atomic E-state index is 0.121. The second-order valence-corrected chi connectivity index (χ2v) is 4.80. The number of ether oxygens (including phenoxy) is 1. The number of benzene rings is 1. The summed E-state index contributed by atoms with van der Waals surface area (Å²) in [4.78, 5) is 23.3. The van der Waals surface area contributed by atoms with Gasteiger partial charge in [0.2, 0.25) is 0 Å². The van der Waals surface area contributed by atoms with Crippen molar-refractivity contribution in [2.45, 2.75) is 19.9 Å². The van der Waals surface area contributed by atoms with Crippen LogP contribution in [0.1, 0.15) is 12.0 Å². The molecule has 104 valence electrons. The fourth-order valence-corrected chi connectivity index (χ4v) is 1.88. The maximum Gasteiger partial charge on any atom is 0.313 e. The fourth-order valence-electron chi connectivity index (χ4n) is 1.71. The second-order valence-electron chi connectivity index (χ2n) is 4.37. The number of aryl methyl sites for hydroxylation is 2. The van der Waals surface area contributed by atoms with Gasteiger partial charge in [0.25, 0.3) is 5.56 Å². The lowest BCUT2D eigenvalue weighted by atomic mass is 10.2. The molecule has 0 bridgehead atoms. The Labute approximate surface area is 121 Å². The van der Waals surface area contributed by atoms with E-state index >= 15 is 0 Å². The summed E-state index contributed by atoms with van der Waals surface area (Å²) in [6.45, 7) is 2.12. The topological polar surface area (TPSA) is 48.3 Å². The normalized spacial score (nSPS) is 10.3. The Morgan fingerprint density at radius 3 is 2.85 bits per heavy atom. The van der Waals surface area contributed by atoms with Crippen LogP contribution >= 0.6 is 11.6 Å². The van der Waals surface area contributed by atoms with Gasteiger partial charge < -0.3 is 9.30 Å². The molecule has 0 aliphatic rings. The van der Waals surface area contributed by atoms with Gasteiger partial charge in [0.1, 0.15) is 5.75 Å². The second kappa shape index (κ2) is 6.39. The lowest BCUT2D eigenvalue weighted by molar-refractivity contribution is -0.134. The highest BCUT2D eigenvalue weighted by Crippen LogP contribution is 2.22. The molecule has 0 N–H and O–H groups in total. The van der Waals surface area contributed by atoms with Crippen molar-refractivity contribution < 1.29 is 9.53 Å². The standard InChI is InChI=1S/C15H14ClNO3/c1-11-5-6-12(16)10-13(11)20-15(19)7-9-17-8-3-2-4-14(17)18/h2-6,8,10H,7,9H2,1H3. The molecule has 1 heterocycles. The maximum atomic E-state index is 11.8. The zero-order valence-electron chi connectivity index (χ0n) is 11.0. The first-order valence-corrected chi connectivity index (χ1v) is 6.56. The van der Waals surface area contributed by atoms with Crippen molar-refractivity contribution in [3.8, 4) is 5.75 Å². The van der Waals surface area contributed by atoms with Crippen LogP contribution in [0.3, 0.4) is 0 Å². The lowest BCUT2D eigenvalue weighted by Crippen LogP contribution is -2.21. The van der Waals surface area contributed by atoms with Gasteiger partial charge in [-0.25, -0.2) is 0 Å². The predicted molar refractivity (Wildman–Crippen MR) is 77.1 cm³/mol. The fraction of sp³-hybridized carbons (Fsp3) is 0.200. The van der Waals surface area contributed by atoms with Gasteiger partial charge in [0.15, 0.2) is 0 Å². The molecule has 5 heteroatoms. The van der Waals surface area contributed by atoms with E-state index in [1.54, 1.807) is 36.5 Å². The first-order valence-electron chi connectivity index (χ1n) is 6.18. The highest BCUT2D eigenvalue weighted by atomic mass is 35.5. The van der Waals surface area contributed by atoms with Gasteiger partial charge in [0.05, 0.1) is 6.42 Å². The molecule has 2 rings (SSSR count). The molecule has 0 saturated heterocycles. The summed E-state index contributed by atoms with van der Waals surface area (Å²) in [6, 6.07) is 9.97. The molecule has 0 fully saturated rings. The number of halogens is 1. The van der Waals surface area contributed by atoms with Crippen molar-refractivity contribution >= 4 is 17.6 Å². The number of pyridine rings is 1. The molecular formula is C15H14ClNO3.